The summed E-state index contributed by atoms with van der Waals surface area (Å²) in [6, 6.07) is 3.39. The highest BCUT2D eigenvalue weighted by atomic mass is 19.1. The van der Waals surface area contributed by atoms with Crippen LogP contribution in [-0.2, 0) is 4.79 Å². The molecule has 1 amide bonds. The molecule has 2 unspecified atom stereocenters. The number of ether oxygens (including phenoxy) is 1. The van der Waals surface area contributed by atoms with Crippen molar-refractivity contribution in [3.8, 4) is 5.75 Å². The van der Waals surface area contributed by atoms with Gasteiger partial charge in [-0.05, 0) is 68.9 Å². The van der Waals surface area contributed by atoms with Gasteiger partial charge in [-0.1, -0.05) is 19.4 Å². The normalized spacial score (nSPS) is 21.8. The van der Waals surface area contributed by atoms with E-state index in [1.807, 2.05) is 17.3 Å². The summed E-state index contributed by atoms with van der Waals surface area (Å²) >= 11 is 0. The zero-order valence-electron chi connectivity index (χ0n) is 24.1. The fourth-order valence-corrected chi connectivity index (χ4v) is 6.05. The van der Waals surface area contributed by atoms with E-state index in [1.54, 1.807) is 0 Å². The Morgan fingerprint density at radius 3 is 2.73 bits per heavy atom. The van der Waals surface area contributed by atoms with Crippen molar-refractivity contribution in [1.29, 1.82) is 0 Å². The first kappa shape index (κ1) is 29.3. The molecule has 0 bridgehead atoms. The van der Waals surface area contributed by atoms with E-state index in [4.69, 9.17) is 4.74 Å². The van der Waals surface area contributed by atoms with Crippen LogP contribution in [0.2, 0.25) is 0 Å². The van der Waals surface area contributed by atoms with Crippen molar-refractivity contribution in [2.75, 3.05) is 32.7 Å². The Balaban J connectivity index is 1.32. The van der Waals surface area contributed by atoms with Crippen LogP contribution in [0.3, 0.4) is 0 Å². The number of nitrogens with zero attached hydrogens (tertiary/aromatic N) is 3. The number of unbranched alkanes of at least 4 members (excludes halogenated alkanes) is 1. The lowest BCUT2D eigenvalue weighted by atomic mass is 9.98. The summed E-state index contributed by atoms with van der Waals surface area (Å²) in [6.45, 7) is 8.02. The molecule has 222 valence electrons. The van der Waals surface area contributed by atoms with E-state index >= 15 is 0 Å². The molecular formula is C31H42F2N6O2. The minimum absolute atomic E-state index is 0.0540. The van der Waals surface area contributed by atoms with Gasteiger partial charge in [-0.25, -0.2) is 8.78 Å². The molecule has 2 aromatic rings. The fraction of sp³-hybridized carbons (Fsp3) is 0.548. The van der Waals surface area contributed by atoms with Crippen LogP contribution in [0, 0.1) is 11.6 Å². The summed E-state index contributed by atoms with van der Waals surface area (Å²) in [4.78, 5) is 17.4. The maximum atomic E-state index is 14.2. The summed E-state index contributed by atoms with van der Waals surface area (Å²) in [5.41, 5.74) is 4.56. The molecule has 3 aliphatic heterocycles. The number of amides is 1. The molecule has 1 aromatic carbocycles. The molecule has 3 N–H and O–H groups in total. The molecule has 0 aliphatic carbocycles. The standard InChI is InChI=1S/C31H42F2N6O2/c1-3-4-6-25(22-18-35-36-19-22)30(37-27-12-16-39(20-21(27)2)31(40)28-7-5-13-34-28)38-14-10-24(11-15-38)41-29-9-8-23(32)17-26(29)33/h6,8-9,17-19,24,28,30,34,37H,3-5,7,10-16,20H2,1-2H3,(H,35,36)/b25-6+. The van der Waals surface area contributed by atoms with E-state index in [0.29, 0.717) is 13.1 Å². The summed E-state index contributed by atoms with van der Waals surface area (Å²) < 4.78 is 33.5. The highest BCUT2D eigenvalue weighted by Crippen LogP contribution is 2.29. The summed E-state index contributed by atoms with van der Waals surface area (Å²) in [7, 11) is 0. The molecule has 8 nitrogen and oxygen atoms in total. The molecule has 10 heteroatoms. The Hall–Kier alpha value is -3.24. The summed E-state index contributed by atoms with van der Waals surface area (Å²) in [6.07, 6.45) is 12.0. The minimum Gasteiger partial charge on any atom is -0.487 e. The lowest BCUT2D eigenvalue weighted by Gasteiger charge is -2.41. The Morgan fingerprint density at radius 2 is 2.07 bits per heavy atom. The molecular weight excluding hydrogens is 526 g/mol. The molecule has 3 aliphatic rings. The van der Waals surface area contributed by atoms with Crippen molar-refractivity contribution in [2.45, 2.75) is 77.1 Å². The minimum atomic E-state index is -0.673. The van der Waals surface area contributed by atoms with Gasteiger partial charge < -0.3 is 20.3 Å². The number of carbonyl (C=O) groups is 1. The van der Waals surface area contributed by atoms with Crippen LogP contribution < -0.4 is 15.4 Å². The molecule has 2 saturated heterocycles. The van der Waals surface area contributed by atoms with Crippen LogP contribution in [-0.4, -0.2) is 76.9 Å². The Kier molecular flexibility index (Phi) is 9.72. The van der Waals surface area contributed by atoms with Gasteiger partial charge in [0.05, 0.1) is 12.2 Å². The van der Waals surface area contributed by atoms with E-state index < -0.39 is 11.6 Å². The molecule has 0 saturated carbocycles. The van der Waals surface area contributed by atoms with E-state index in [1.165, 1.54) is 29.0 Å². The highest BCUT2D eigenvalue weighted by Gasteiger charge is 2.33. The number of piperidine rings is 1. The number of H-pyrrole nitrogens is 1. The van der Waals surface area contributed by atoms with Crippen molar-refractivity contribution < 1.29 is 18.3 Å². The molecule has 0 spiro atoms. The lowest BCUT2D eigenvalue weighted by Crippen LogP contribution is -2.52. The van der Waals surface area contributed by atoms with Crippen molar-refractivity contribution in [2.24, 2.45) is 0 Å². The molecule has 1 aromatic heterocycles. The lowest BCUT2D eigenvalue weighted by molar-refractivity contribution is -0.132. The molecule has 41 heavy (non-hydrogen) atoms. The predicted octanol–water partition coefficient (Wildman–Crippen LogP) is 4.59. The van der Waals surface area contributed by atoms with Gasteiger partial charge in [0.15, 0.2) is 11.6 Å². The molecule has 0 radical (unpaired) electrons. The number of carbonyl (C=O) groups excluding carboxylic acids is 1. The number of likely N-dealkylation sites (tertiary alicyclic amines) is 1. The van der Waals surface area contributed by atoms with Gasteiger partial charge >= 0.3 is 0 Å². The number of hydrogen-bond donors (Lipinski definition) is 3. The molecule has 2 atom stereocenters. The third-order valence-corrected chi connectivity index (χ3v) is 8.36. The number of hydrogen-bond acceptors (Lipinski definition) is 6. The first-order valence-electron chi connectivity index (χ1n) is 14.9. The van der Waals surface area contributed by atoms with Crippen molar-refractivity contribution >= 4 is 11.5 Å². The Bertz CT molecular complexity index is 1230. The number of halogens is 2. The number of benzene rings is 1. The Morgan fingerprint density at radius 1 is 1.24 bits per heavy atom. The Labute approximate surface area is 241 Å². The van der Waals surface area contributed by atoms with Crippen LogP contribution >= 0.6 is 0 Å². The average molecular weight is 569 g/mol. The van der Waals surface area contributed by atoms with Gasteiger partial charge in [0.25, 0.3) is 0 Å². The third-order valence-electron chi connectivity index (χ3n) is 8.36. The van der Waals surface area contributed by atoms with Crippen molar-refractivity contribution in [3.63, 3.8) is 0 Å². The first-order valence-corrected chi connectivity index (χ1v) is 14.9. The van der Waals surface area contributed by atoms with Crippen LogP contribution in [0.1, 0.15) is 64.4 Å². The number of allylic oxidation sites excluding steroid dienone is 1. The average Bonchev–Trinajstić information content (AvgIpc) is 3.70. The van der Waals surface area contributed by atoms with Crippen molar-refractivity contribution in [3.05, 3.63) is 65.1 Å². The maximum Gasteiger partial charge on any atom is 0.240 e. The zero-order chi connectivity index (χ0) is 28.8. The first-order chi connectivity index (χ1) is 19.9. The van der Waals surface area contributed by atoms with Crippen LogP contribution in [0.4, 0.5) is 8.78 Å². The quantitative estimate of drug-likeness (QED) is 0.389. The number of aromatic nitrogens is 2. The van der Waals surface area contributed by atoms with Gasteiger partial charge in [-0.2, -0.15) is 5.10 Å². The molecule has 2 fully saturated rings. The molecule has 4 heterocycles. The van der Waals surface area contributed by atoms with Crippen LogP contribution in [0.25, 0.3) is 5.57 Å². The molecule has 5 rings (SSSR count). The van der Waals surface area contributed by atoms with Crippen molar-refractivity contribution in [1.82, 2.24) is 30.6 Å². The van der Waals surface area contributed by atoms with Gasteiger partial charge in [-0.3, -0.25) is 14.8 Å². The van der Waals surface area contributed by atoms with Gasteiger partial charge in [0, 0.05) is 56.1 Å². The number of rotatable bonds is 10. The zero-order valence-corrected chi connectivity index (χ0v) is 24.1. The van der Waals surface area contributed by atoms with Gasteiger partial charge in [-0.15, -0.1) is 0 Å². The van der Waals surface area contributed by atoms with Crippen LogP contribution in [0.5, 0.6) is 5.75 Å². The van der Waals surface area contributed by atoms with E-state index in [0.717, 1.165) is 76.2 Å². The largest absolute Gasteiger partial charge is 0.487 e. The fourth-order valence-electron chi connectivity index (χ4n) is 6.05. The van der Waals surface area contributed by atoms with Gasteiger partial charge in [0.2, 0.25) is 5.91 Å². The SMILES string of the molecule is CCC/C=C(\c1cn[nH]c1)C(NC1=C(C)CN(C(=O)C2CCCN2)CC1)N1CCC(Oc2ccc(F)cc2F)CC1. The second kappa shape index (κ2) is 13.6. The van der Waals surface area contributed by atoms with E-state index in [-0.39, 0.29) is 30.0 Å². The smallest absolute Gasteiger partial charge is 0.240 e. The summed E-state index contributed by atoms with van der Waals surface area (Å²) in [5, 5.41) is 14.4. The van der Waals surface area contributed by atoms with E-state index in [9.17, 15) is 13.6 Å². The van der Waals surface area contributed by atoms with Crippen LogP contribution in [0.15, 0.2) is 47.9 Å². The number of aromatic amines is 1. The highest BCUT2D eigenvalue weighted by molar-refractivity contribution is 5.82. The number of nitrogens with one attached hydrogen (secondary N) is 3. The monoisotopic (exact) mass is 568 g/mol. The van der Waals surface area contributed by atoms with E-state index in [2.05, 4.69) is 45.7 Å². The second-order valence-corrected chi connectivity index (χ2v) is 11.3. The maximum absolute atomic E-state index is 14.2. The summed E-state index contributed by atoms with van der Waals surface area (Å²) in [5.74, 6) is -0.984. The third kappa shape index (κ3) is 7.16. The topological polar surface area (TPSA) is 85.5 Å². The van der Waals surface area contributed by atoms with Gasteiger partial charge in [0.1, 0.15) is 18.1 Å². The predicted molar refractivity (Wildman–Crippen MR) is 155 cm³/mol. The second-order valence-electron chi connectivity index (χ2n) is 11.3.